The number of H-pyrrole nitrogens is 1. The predicted octanol–water partition coefficient (Wildman–Crippen LogP) is 1.90. The molecular weight excluding hydrogens is 244 g/mol. The molecule has 0 unspecified atom stereocenters. The first kappa shape index (κ1) is 13.3. The van der Waals surface area contributed by atoms with Crippen LogP contribution in [0.4, 0.5) is 0 Å². The number of nitrogens with zero attached hydrogens (tertiary/aromatic N) is 1. The average Bonchev–Trinajstić information content (AvgIpc) is 2.41. The summed E-state index contributed by atoms with van der Waals surface area (Å²) < 4.78 is 5.43. The van der Waals surface area contributed by atoms with Crippen LogP contribution >= 0.6 is 0 Å². The van der Waals surface area contributed by atoms with Gasteiger partial charge in [0.25, 0.3) is 5.56 Å². The van der Waals surface area contributed by atoms with E-state index in [0.29, 0.717) is 36.5 Å². The maximum Gasteiger partial charge on any atom is 0.252 e. The Morgan fingerprint density at radius 2 is 2.11 bits per heavy atom. The summed E-state index contributed by atoms with van der Waals surface area (Å²) in [5.74, 6) is 0.456. The van der Waals surface area contributed by atoms with Crippen LogP contribution in [0.25, 0.3) is 11.0 Å². The number of ether oxygens (including phenoxy) is 1. The molecule has 2 rings (SSSR count). The normalized spacial score (nSPS) is 10.6. The Morgan fingerprint density at radius 1 is 1.32 bits per heavy atom. The Hall–Kier alpha value is -2.17. The van der Waals surface area contributed by atoms with Gasteiger partial charge in [0.05, 0.1) is 6.61 Å². The predicted molar refractivity (Wildman–Crippen MR) is 72.6 cm³/mol. The molecule has 0 radical (unpaired) electrons. The van der Waals surface area contributed by atoms with E-state index in [9.17, 15) is 9.59 Å². The number of nitrogens with one attached hydrogen (secondary N) is 1. The molecule has 2 heterocycles. The summed E-state index contributed by atoms with van der Waals surface area (Å²) in [5.41, 5.74) is 2.03. The molecule has 0 aliphatic rings. The number of fused-ring (bicyclic) bond motifs is 1. The largest absolute Gasteiger partial charge is 0.478 e. The summed E-state index contributed by atoms with van der Waals surface area (Å²) in [6.07, 6.45) is 2.00. The number of rotatable bonds is 5. The Kier molecular flexibility index (Phi) is 3.94. The van der Waals surface area contributed by atoms with Crippen molar-refractivity contribution in [2.24, 2.45) is 0 Å². The molecule has 2 aromatic heterocycles. The van der Waals surface area contributed by atoms with Crippen LogP contribution in [0, 0.1) is 13.8 Å². The van der Waals surface area contributed by atoms with E-state index in [2.05, 4.69) is 9.97 Å². The molecule has 0 amide bonds. The third-order valence-electron chi connectivity index (χ3n) is 3.12. The van der Waals surface area contributed by atoms with Crippen molar-refractivity contribution >= 4 is 17.3 Å². The Bertz CT molecular complexity index is 662. The first-order chi connectivity index (χ1) is 9.13. The van der Waals surface area contributed by atoms with Crippen LogP contribution in [0.15, 0.2) is 16.9 Å². The van der Waals surface area contributed by atoms with Crippen LogP contribution in [0.1, 0.15) is 24.0 Å². The fourth-order valence-electron chi connectivity index (χ4n) is 1.84. The Labute approximate surface area is 110 Å². The van der Waals surface area contributed by atoms with Crippen molar-refractivity contribution in [1.82, 2.24) is 9.97 Å². The van der Waals surface area contributed by atoms with E-state index in [1.54, 1.807) is 13.0 Å². The minimum Gasteiger partial charge on any atom is -0.478 e. The molecule has 0 atom stereocenters. The minimum absolute atomic E-state index is 0.129. The van der Waals surface area contributed by atoms with Gasteiger partial charge in [-0.1, -0.05) is 0 Å². The van der Waals surface area contributed by atoms with Gasteiger partial charge in [0, 0.05) is 23.4 Å². The zero-order chi connectivity index (χ0) is 13.8. The van der Waals surface area contributed by atoms with Gasteiger partial charge < -0.3 is 14.5 Å². The second-order valence-electron chi connectivity index (χ2n) is 4.41. The summed E-state index contributed by atoms with van der Waals surface area (Å²) >= 11 is 0. The number of hydrogen-bond acceptors (Lipinski definition) is 4. The lowest BCUT2D eigenvalue weighted by molar-refractivity contribution is -0.108. The highest BCUT2D eigenvalue weighted by Gasteiger charge is 2.07. The molecule has 0 aliphatic carbocycles. The van der Waals surface area contributed by atoms with Crippen LogP contribution < -0.4 is 10.3 Å². The SMILES string of the molecule is Cc1c(C)c2ccc(OCCCC=O)nc2[nH]c1=O. The maximum absolute atomic E-state index is 11.7. The van der Waals surface area contributed by atoms with E-state index in [1.165, 1.54) is 0 Å². The fraction of sp³-hybridized carbons (Fsp3) is 0.357. The van der Waals surface area contributed by atoms with Gasteiger partial charge in [-0.25, -0.2) is 0 Å². The quantitative estimate of drug-likeness (QED) is 0.658. The van der Waals surface area contributed by atoms with Crippen molar-refractivity contribution < 1.29 is 9.53 Å². The van der Waals surface area contributed by atoms with Gasteiger partial charge in [0.15, 0.2) is 0 Å². The zero-order valence-electron chi connectivity index (χ0n) is 11.0. The fourth-order valence-corrected chi connectivity index (χ4v) is 1.84. The maximum atomic E-state index is 11.7. The Balaban J connectivity index is 2.28. The molecule has 2 aromatic rings. The topological polar surface area (TPSA) is 72.0 Å². The van der Waals surface area contributed by atoms with Crippen LogP contribution in [0.3, 0.4) is 0 Å². The summed E-state index contributed by atoms with van der Waals surface area (Å²) in [6, 6.07) is 3.66. The number of aldehydes is 1. The van der Waals surface area contributed by atoms with E-state index in [4.69, 9.17) is 4.74 Å². The van der Waals surface area contributed by atoms with E-state index >= 15 is 0 Å². The number of aromatic amines is 1. The van der Waals surface area contributed by atoms with Gasteiger partial charge in [-0.2, -0.15) is 4.98 Å². The molecule has 5 nitrogen and oxygen atoms in total. The zero-order valence-corrected chi connectivity index (χ0v) is 11.0. The van der Waals surface area contributed by atoms with Gasteiger partial charge in [-0.15, -0.1) is 0 Å². The molecule has 0 saturated heterocycles. The number of unbranched alkanes of at least 4 members (excludes halogenated alkanes) is 1. The van der Waals surface area contributed by atoms with E-state index < -0.39 is 0 Å². The van der Waals surface area contributed by atoms with Crippen LogP contribution in [-0.2, 0) is 4.79 Å². The van der Waals surface area contributed by atoms with Crippen molar-refractivity contribution in [3.05, 3.63) is 33.6 Å². The molecule has 0 saturated carbocycles. The molecule has 0 bridgehead atoms. The van der Waals surface area contributed by atoms with Crippen molar-refractivity contribution in [2.45, 2.75) is 26.7 Å². The Morgan fingerprint density at radius 3 is 2.84 bits per heavy atom. The smallest absolute Gasteiger partial charge is 0.252 e. The highest BCUT2D eigenvalue weighted by atomic mass is 16.5. The molecule has 19 heavy (non-hydrogen) atoms. The molecule has 1 N–H and O–H groups in total. The van der Waals surface area contributed by atoms with E-state index in [1.807, 2.05) is 13.0 Å². The molecule has 100 valence electrons. The van der Waals surface area contributed by atoms with Crippen LogP contribution in [0.2, 0.25) is 0 Å². The van der Waals surface area contributed by atoms with E-state index in [-0.39, 0.29) is 5.56 Å². The van der Waals surface area contributed by atoms with Gasteiger partial charge in [-0.3, -0.25) is 4.79 Å². The molecule has 0 aliphatic heterocycles. The second kappa shape index (κ2) is 5.65. The highest BCUT2D eigenvalue weighted by molar-refractivity contribution is 5.79. The number of carbonyl (C=O) groups is 1. The van der Waals surface area contributed by atoms with Gasteiger partial charge in [0.2, 0.25) is 5.88 Å². The number of aryl methyl sites for hydroxylation is 1. The third kappa shape index (κ3) is 2.81. The van der Waals surface area contributed by atoms with E-state index in [0.717, 1.165) is 17.2 Å². The van der Waals surface area contributed by atoms with Gasteiger partial charge in [0.1, 0.15) is 11.9 Å². The first-order valence-corrected chi connectivity index (χ1v) is 6.20. The lowest BCUT2D eigenvalue weighted by Crippen LogP contribution is -2.12. The summed E-state index contributed by atoms with van der Waals surface area (Å²) in [4.78, 5) is 28.9. The van der Waals surface area contributed by atoms with Crippen molar-refractivity contribution in [3.8, 4) is 5.88 Å². The lowest BCUT2D eigenvalue weighted by Gasteiger charge is -2.07. The lowest BCUT2D eigenvalue weighted by atomic mass is 10.1. The van der Waals surface area contributed by atoms with Gasteiger partial charge >= 0.3 is 0 Å². The molecular formula is C14H16N2O3. The second-order valence-corrected chi connectivity index (χ2v) is 4.41. The minimum atomic E-state index is -0.129. The summed E-state index contributed by atoms with van der Waals surface area (Å²) in [6.45, 7) is 4.13. The van der Waals surface area contributed by atoms with Crippen LogP contribution in [0.5, 0.6) is 5.88 Å². The average molecular weight is 260 g/mol. The number of pyridine rings is 2. The third-order valence-corrected chi connectivity index (χ3v) is 3.12. The van der Waals surface area contributed by atoms with Crippen molar-refractivity contribution in [1.29, 1.82) is 0 Å². The molecule has 0 fully saturated rings. The molecule has 0 aromatic carbocycles. The van der Waals surface area contributed by atoms with Crippen LogP contribution in [-0.4, -0.2) is 22.9 Å². The molecule has 0 spiro atoms. The number of hydrogen-bond donors (Lipinski definition) is 1. The monoisotopic (exact) mass is 260 g/mol. The van der Waals surface area contributed by atoms with Gasteiger partial charge in [-0.05, 0) is 31.9 Å². The van der Waals surface area contributed by atoms with Crippen molar-refractivity contribution in [3.63, 3.8) is 0 Å². The number of carbonyl (C=O) groups excluding carboxylic acids is 1. The highest BCUT2D eigenvalue weighted by Crippen LogP contribution is 2.18. The van der Waals surface area contributed by atoms with Crippen molar-refractivity contribution in [2.75, 3.05) is 6.61 Å². The molecule has 5 heteroatoms. The summed E-state index contributed by atoms with van der Waals surface area (Å²) in [7, 11) is 0. The first-order valence-electron chi connectivity index (χ1n) is 6.20. The number of aromatic nitrogens is 2. The summed E-state index contributed by atoms with van der Waals surface area (Å²) in [5, 5.41) is 0.914. The standard InChI is InChI=1S/C14H16N2O3/c1-9-10(2)14(18)16-13-11(9)5-6-12(15-13)19-8-4-3-7-17/h5-7H,3-4,8H2,1-2H3,(H,15,16,18).